The third-order valence-corrected chi connectivity index (χ3v) is 4.40. The van der Waals surface area contributed by atoms with Crippen molar-refractivity contribution >= 4 is 28.6 Å². The van der Waals surface area contributed by atoms with Gasteiger partial charge in [0.2, 0.25) is 0 Å². The van der Waals surface area contributed by atoms with Crippen LogP contribution in [0.15, 0.2) is 30.5 Å². The number of para-hydroxylation sites is 1. The molecule has 1 aromatic carbocycles. The predicted octanol–water partition coefficient (Wildman–Crippen LogP) is 2.01. The van der Waals surface area contributed by atoms with Crippen molar-refractivity contribution in [1.82, 2.24) is 10.3 Å². The van der Waals surface area contributed by atoms with E-state index in [1.807, 2.05) is 37.4 Å². The van der Waals surface area contributed by atoms with Crippen LogP contribution < -0.4 is 5.32 Å². The van der Waals surface area contributed by atoms with Gasteiger partial charge in [0.1, 0.15) is 0 Å². The molecule has 102 valence electrons. The number of rotatable bonds is 5. The van der Waals surface area contributed by atoms with Crippen LogP contribution in [0.4, 0.5) is 0 Å². The van der Waals surface area contributed by atoms with Crippen molar-refractivity contribution in [3.63, 3.8) is 0 Å². The molecule has 2 atom stereocenters. The van der Waals surface area contributed by atoms with Gasteiger partial charge in [0.15, 0.2) is 0 Å². The highest BCUT2D eigenvalue weighted by Crippen LogP contribution is 2.18. The van der Waals surface area contributed by atoms with Gasteiger partial charge in [-0.1, -0.05) is 18.2 Å². The molecule has 3 N–H and O–H groups in total. The Bertz CT molecular complexity index is 563. The van der Waals surface area contributed by atoms with Gasteiger partial charge in [0.05, 0.1) is 12.2 Å². The molecule has 5 heteroatoms. The van der Waals surface area contributed by atoms with E-state index in [-0.39, 0.29) is 23.8 Å². The summed E-state index contributed by atoms with van der Waals surface area (Å²) in [7, 11) is 0. The Morgan fingerprint density at radius 1 is 1.47 bits per heavy atom. The van der Waals surface area contributed by atoms with Crippen LogP contribution in [0.3, 0.4) is 0 Å². The van der Waals surface area contributed by atoms with Crippen LogP contribution in [0, 0.1) is 0 Å². The molecule has 0 saturated carbocycles. The second-order valence-electron chi connectivity index (χ2n) is 4.47. The minimum Gasteiger partial charge on any atom is -0.395 e. The average molecular weight is 278 g/mol. The molecule has 1 amide bonds. The van der Waals surface area contributed by atoms with E-state index >= 15 is 0 Å². The molecule has 0 aliphatic rings. The fourth-order valence-electron chi connectivity index (χ4n) is 2.07. The number of fused-ring (bicyclic) bond motifs is 1. The quantitative estimate of drug-likeness (QED) is 0.784. The Morgan fingerprint density at radius 2 is 2.21 bits per heavy atom. The van der Waals surface area contributed by atoms with Crippen LogP contribution in [0.5, 0.6) is 0 Å². The third-order valence-electron chi connectivity index (χ3n) is 3.23. The molecule has 0 fully saturated rings. The summed E-state index contributed by atoms with van der Waals surface area (Å²) in [6.07, 6.45) is 3.65. The van der Waals surface area contributed by atoms with E-state index in [0.29, 0.717) is 5.56 Å². The lowest BCUT2D eigenvalue weighted by molar-refractivity contribution is 0.0937. The van der Waals surface area contributed by atoms with E-state index in [1.54, 1.807) is 18.0 Å². The van der Waals surface area contributed by atoms with Gasteiger partial charge in [-0.05, 0) is 19.2 Å². The Kier molecular flexibility index (Phi) is 4.50. The number of hydrogen-bond acceptors (Lipinski definition) is 3. The highest BCUT2D eigenvalue weighted by atomic mass is 32.2. The summed E-state index contributed by atoms with van der Waals surface area (Å²) in [5.41, 5.74) is 1.59. The maximum Gasteiger partial charge on any atom is 0.253 e. The first-order valence-electron chi connectivity index (χ1n) is 6.18. The Hall–Kier alpha value is -1.46. The first-order valence-corrected chi connectivity index (χ1v) is 7.46. The summed E-state index contributed by atoms with van der Waals surface area (Å²) in [6, 6.07) is 7.62. The zero-order valence-corrected chi connectivity index (χ0v) is 11.8. The average Bonchev–Trinajstić information content (AvgIpc) is 2.84. The number of hydrogen-bond donors (Lipinski definition) is 3. The SMILES string of the molecule is CSC(CO)C(C)NC(=O)c1c[nH]c2ccccc12. The van der Waals surface area contributed by atoms with Gasteiger partial charge in [-0.25, -0.2) is 0 Å². The number of aliphatic hydroxyl groups is 1. The van der Waals surface area contributed by atoms with Gasteiger partial charge >= 0.3 is 0 Å². The lowest BCUT2D eigenvalue weighted by Gasteiger charge is -2.21. The lowest BCUT2D eigenvalue weighted by atomic mass is 10.1. The third kappa shape index (κ3) is 2.93. The standard InChI is InChI=1S/C14H18N2O2S/c1-9(13(8-17)19-2)16-14(18)11-7-15-12-6-4-3-5-10(11)12/h3-7,9,13,15,17H,8H2,1-2H3,(H,16,18). The molecule has 0 saturated heterocycles. The first-order chi connectivity index (χ1) is 9.17. The number of carbonyl (C=O) groups excluding carboxylic acids is 1. The largest absolute Gasteiger partial charge is 0.395 e. The number of thioether (sulfide) groups is 1. The molecular formula is C14H18N2O2S. The number of nitrogens with one attached hydrogen (secondary N) is 2. The monoisotopic (exact) mass is 278 g/mol. The summed E-state index contributed by atoms with van der Waals surface area (Å²) < 4.78 is 0. The maximum atomic E-state index is 12.2. The molecular weight excluding hydrogens is 260 g/mol. The van der Waals surface area contributed by atoms with Gasteiger partial charge in [-0.15, -0.1) is 0 Å². The molecule has 0 aliphatic heterocycles. The molecule has 1 heterocycles. The van der Waals surface area contributed by atoms with Crippen molar-refractivity contribution in [2.24, 2.45) is 0 Å². The van der Waals surface area contributed by atoms with Gasteiger partial charge in [-0.3, -0.25) is 4.79 Å². The minimum absolute atomic E-state index is 0.00848. The predicted molar refractivity (Wildman–Crippen MR) is 79.6 cm³/mol. The van der Waals surface area contributed by atoms with E-state index < -0.39 is 0 Å². The van der Waals surface area contributed by atoms with Crippen molar-refractivity contribution in [3.05, 3.63) is 36.0 Å². The van der Waals surface area contributed by atoms with Crippen LogP contribution in [0.25, 0.3) is 10.9 Å². The topological polar surface area (TPSA) is 65.1 Å². The fraction of sp³-hybridized carbons (Fsp3) is 0.357. The number of aliphatic hydroxyl groups excluding tert-OH is 1. The molecule has 2 rings (SSSR count). The van der Waals surface area contributed by atoms with Crippen molar-refractivity contribution in [2.45, 2.75) is 18.2 Å². The number of amides is 1. The Labute approximate surface area is 116 Å². The summed E-state index contributed by atoms with van der Waals surface area (Å²) in [4.78, 5) is 15.3. The van der Waals surface area contributed by atoms with Crippen LogP contribution in [-0.4, -0.2) is 40.2 Å². The van der Waals surface area contributed by atoms with Gasteiger partial charge in [-0.2, -0.15) is 11.8 Å². The summed E-state index contributed by atoms with van der Waals surface area (Å²) >= 11 is 1.55. The zero-order valence-electron chi connectivity index (χ0n) is 11.0. The smallest absolute Gasteiger partial charge is 0.253 e. The highest BCUT2D eigenvalue weighted by molar-refractivity contribution is 7.99. The van der Waals surface area contributed by atoms with E-state index in [2.05, 4.69) is 10.3 Å². The highest BCUT2D eigenvalue weighted by Gasteiger charge is 2.19. The number of benzene rings is 1. The van der Waals surface area contributed by atoms with Gasteiger partial charge in [0, 0.05) is 28.4 Å². The van der Waals surface area contributed by atoms with Crippen molar-refractivity contribution in [1.29, 1.82) is 0 Å². The van der Waals surface area contributed by atoms with Crippen molar-refractivity contribution < 1.29 is 9.90 Å². The lowest BCUT2D eigenvalue weighted by Crippen LogP contribution is -2.41. The van der Waals surface area contributed by atoms with Gasteiger partial charge < -0.3 is 15.4 Å². The summed E-state index contributed by atoms with van der Waals surface area (Å²) in [6.45, 7) is 1.96. The van der Waals surface area contributed by atoms with E-state index in [9.17, 15) is 9.90 Å². The first kappa shape index (κ1) is 14.0. The number of carbonyl (C=O) groups is 1. The molecule has 2 aromatic rings. The number of aromatic amines is 1. The van der Waals surface area contributed by atoms with Crippen LogP contribution in [0.1, 0.15) is 17.3 Å². The normalized spacial score (nSPS) is 14.3. The molecule has 0 bridgehead atoms. The molecule has 0 radical (unpaired) electrons. The van der Waals surface area contributed by atoms with Crippen molar-refractivity contribution in [2.75, 3.05) is 12.9 Å². The van der Waals surface area contributed by atoms with Crippen molar-refractivity contribution in [3.8, 4) is 0 Å². The molecule has 0 aliphatic carbocycles. The Balaban J connectivity index is 2.16. The number of aromatic nitrogens is 1. The minimum atomic E-state index is -0.113. The van der Waals surface area contributed by atoms with E-state index in [4.69, 9.17) is 0 Å². The fourth-order valence-corrected chi connectivity index (χ4v) is 2.70. The van der Waals surface area contributed by atoms with Gasteiger partial charge in [0.25, 0.3) is 5.91 Å². The second kappa shape index (κ2) is 6.12. The summed E-state index contributed by atoms with van der Waals surface area (Å²) in [5.74, 6) is -0.113. The van der Waals surface area contributed by atoms with E-state index in [0.717, 1.165) is 10.9 Å². The maximum absolute atomic E-state index is 12.2. The second-order valence-corrected chi connectivity index (χ2v) is 5.54. The van der Waals surface area contributed by atoms with Crippen LogP contribution >= 0.6 is 11.8 Å². The Morgan fingerprint density at radius 3 is 2.89 bits per heavy atom. The molecule has 19 heavy (non-hydrogen) atoms. The molecule has 4 nitrogen and oxygen atoms in total. The molecule has 0 spiro atoms. The van der Waals surface area contributed by atoms with Crippen LogP contribution in [-0.2, 0) is 0 Å². The van der Waals surface area contributed by atoms with E-state index in [1.165, 1.54) is 0 Å². The summed E-state index contributed by atoms with van der Waals surface area (Å²) in [5, 5.41) is 13.1. The van der Waals surface area contributed by atoms with Crippen LogP contribution in [0.2, 0.25) is 0 Å². The zero-order chi connectivity index (χ0) is 13.8. The number of H-pyrrole nitrogens is 1. The molecule has 2 unspecified atom stereocenters. The molecule has 1 aromatic heterocycles.